The summed E-state index contributed by atoms with van der Waals surface area (Å²) in [6, 6.07) is 5.73. The van der Waals surface area contributed by atoms with Gasteiger partial charge in [-0.1, -0.05) is 12.1 Å². The van der Waals surface area contributed by atoms with Crippen molar-refractivity contribution in [3.05, 3.63) is 47.4 Å². The Morgan fingerprint density at radius 3 is 2.57 bits per heavy atom. The number of piperidine rings is 1. The Balaban J connectivity index is 1.12. The van der Waals surface area contributed by atoms with Gasteiger partial charge in [0.1, 0.15) is 29.8 Å². The van der Waals surface area contributed by atoms with E-state index < -0.39 is 12.5 Å². The van der Waals surface area contributed by atoms with Crippen LogP contribution in [0, 0.1) is 6.92 Å². The predicted molar refractivity (Wildman–Crippen MR) is 146 cm³/mol. The van der Waals surface area contributed by atoms with E-state index in [9.17, 15) is 22.4 Å². The minimum absolute atomic E-state index is 0.129. The molecule has 0 spiro atoms. The van der Waals surface area contributed by atoms with Gasteiger partial charge in [-0.2, -0.15) is 0 Å². The van der Waals surface area contributed by atoms with Crippen molar-refractivity contribution < 1.29 is 36.6 Å². The van der Waals surface area contributed by atoms with Crippen molar-refractivity contribution in [2.75, 3.05) is 38.2 Å². The zero-order valence-electron chi connectivity index (χ0n) is 23.5. The van der Waals surface area contributed by atoms with Crippen LogP contribution in [0.25, 0.3) is 0 Å². The van der Waals surface area contributed by atoms with E-state index in [0.717, 1.165) is 37.7 Å². The number of nitrogens with zero attached hydrogens (tertiary/aromatic N) is 3. The molecule has 1 aromatic carbocycles. The molecule has 3 aliphatic heterocycles. The van der Waals surface area contributed by atoms with Gasteiger partial charge in [0.05, 0.1) is 18.8 Å². The van der Waals surface area contributed by atoms with E-state index in [-0.39, 0.29) is 42.6 Å². The van der Waals surface area contributed by atoms with Crippen LogP contribution >= 0.6 is 0 Å². The molecule has 42 heavy (non-hydrogen) atoms. The zero-order valence-corrected chi connectivity index (χ0v) is 23.5. The lowest BCUT2D eigenvalue weighted by atomic mass is 9.98. The Morgan fingerprint density at radius 2 is 1.86 bits per heavy atom. The molecule has 4 atom stereocenters. The highest BCUT2D eigenvalue weighted by Gasteiger charge is 2.32. The fourth-order valence-electron chi connectivity index (χ4n) is 5.83. The van der Waals surface area contributed by atoms with Crippen LogP contribution in [0.5, 0.6) is 5.75 Å². The van der Waals surface area contributed by atoms with Crippen molar-refractivity contribution in [2.45, 2.75) is 82.3 Å². The second-order valence-electron chi connectivity index (χ2n) is 11.1. The third-order valence-corrected chi connectivity index (χ3v) is 8.14. The third kappa shape index (κ3) is 7.87. The van der Waals surface area contributed by atoms with Gasteiger partial charge in [0.2, 0.25) is 0 Å². The van der Waals surface area contributed by atoms with Crippen LogP contribution in [0.1, 0.15) is 66.2 Å². The highest BCUT2D eigenvalue weighted by atomic mass is 19.4. The lowest BCUT2D eigenvalue weighted by Crippen LogP contribution is -2.52. The summed E-state index contributed by atoms with van der Waals surface area (Å²) in [5, 5.41) is 6.71. The fraction of sp³-hybridized carbons (Fsp3) is 0.621. The van der Waals surface area contributed by atoms with E-state index >= 15 is 0 Å². The number of nitrogens with one attached hydrogen (secondary N) is 2. The van der Waals surface area contributed by atoms with E-state index in [1.807, 2.05) is 6.92 Å². The molecular weight excluding hydrogens is 558 g/mol. The van der Waals surface area contributed by atoms with Crippen molar-refractivity contribution >= 4 is 11.7 Å². The predicted octanol–water partition coefficient (Wildman–Crippen LogP) is 4.73. The summed E-state index contributed by atoms with van der Waals surface area (Å²) < 4.78 is 66.9. The van der Waals surface area contributed by atoms with Gasteiger partial charge in [-0.3, -0.25) is 4.79 Å². The minimum Gasteiger partial charge on any atom is -0.406 e. The molecule has 5 rings (SSSR count). The molecule has 3 fully saturated rings. The second kappa shape index (κ2) is 13.5. The van der Waals surface area contributed by atoms with Crippen molar-refractivity contribution in [1.82, 2.24) is 20.2 Å². The summed E-state index contributed by atoms with van der Waals surface area (Å²) >= 11 is 0. The second-order valence-corrected chi connectivity index (χ2v) is 11.1. The number of amides is 1. The number of hydrogen-bond donors (Lipinski definition) is 2. The summed E-state index contributed by atoms with van der Waals surface area (Å²) in [6.07, 6.45) is -0.151. The molecule has 3 aliphatic rings. The van der Waals surface area contributed by atoms with Gasteiger partial charge in [0, 0.05) is 43.9 Å². The Hall–Kier alpha value is -3.03. The monoisotopic (exact) mass is 595 g/mol. The van der Waals surface area contributed by atoms with Gasteiger partial charge in [-0.25, -0.2) is 14.4 Å². The van der Waals surface area contributed by atoms with Crippen molar-refractivity contribution in [3.8, 4) is 5.75 Å². The van der Waals surface area contributed by atoms with E-state index in [1.165, 1.54) is 18.5 Å². The molecule has 4 heterocycles. The molecule has 0 radical (unpaired) electrons. The van der Waals surface area contributed by atoms with Crippen LogP contribution < -0.4 is 15.4 Å². The topological polar surface area (TPSA) is 97.8 Å². The number of benzene rings is 1. The normalized spacial score (nSPS) is 25.7. The van der Waals surface area contributed by atoms with Gasteiger partial charge in [-0.05, 0) is 63.1 Å². The summed E-state index contributed by atoms with van der Waals surface area (Å²) in [7, 11) is 0. The molecule has 0 aliphatic carbocycles. The molecule has 230 valence electrons. The van der Waals surface area contributed by atoms with E-state index in [4.69, 9.17) is 9.47 Å². The summed E-state index contributed by atoms with van der Waals surface area (Å²) in [6.45, 7) is 4.07. The maximum atomic E-state index is 14.1. The standard InChI is InChI=1S/C29H37F4N5O4/c1-18-26(28(39)38-12-9-20(10-13-38)37-24-11-14-40-16-23(24)30)35-17-36-27(18)34-15-22-3-2-4-25(41-22)19-5-7-21(8-6-19)42-29(31,32)33/h5-8,17,20,22-25,37H,2-4,9-16H2,1H3,(H,34,35,36). The van der Waals surface area contributed by atoms with Gasteiger partial charge >= 0.3 is 6.36 Å². The molecular formula is C29H37F4N5O4. The van der Waals surface area contributed by atoms with Crippen LogP contribution in [-0.2, 0) is 9.47 Å². The molecule has 2 aromatic rings. The number of rotatable bonds is 8. The van der Waals surface area contributed by atoms with E-state index in [0.29, 0.717) is 49.7 Å². The maximum Gasteiger partial charge on any atom is 0.573 e. The molecule has 3 saturated heterocycles. The maximum absolute atomic E-state index is 14.1. The molecule has 1 amide bonds. The first kappa shape index (κ1) is 30.4. The molecule has 1 aromatic heterocycles. The largest absolute Gasteiger partial charge is 0.573 e. The van der Waals surface area contributed by atoms with Gasteiger partial charge in [0.25, 0.3) is 5.91 Å². The number of carbonyl (C=O) groups excluding carboxylic acids is 1. The number of hydrogen-bond acceptors (Lipinski definition) is 8. The molecule has 2 N–H and O–H groups in total. The number of ether oxygens (including phenoxy) is 3. The Bertz CT molecular complexity index is 1190. The molecule has 13 heteroatoms. The highest BCUT2D eigenvalue weighted by Crippen LogP contribution is 2.33. The first-order valence-corrected chi connectivity index (χ1v) is 14.5. The van der Waals surface area contributed by atoms with Crippen molar-refractivity contribution in [1.29, 1.82) is 0 Å². The lowest BCUT2D eigenvalue weighted by molar-refractivity contribution is -0.274. The Labute approximate surface area is 242 Å². The van der Waals surface area contributed by atoms with E-state index in [2.05, 4.69) is 25.3 Å². The first-order chi connectivity index (χ1) is 20.2. The van der Waals surface area contributed by atoms with Crippen LogP contribution in [0.15, 0.2) is 30.6 Å². The molecule has 4 unspecified atom stereocenters. The smallest absolute Gasteiger partial charge is 0.406 e. The van der Waals surface area contributed by atoms with Crippen molar-refractivity contribution in [3.63, 3.8) is 0 Å². The molecule has 9 nitrogen and oxygen atoms in total. The number of aromatic nitrogens is 2. The molecule has 0 saturated carbocycles. The fourth-order valence-corrected chi connectivity index (χ4v) is 5.83. The highest BCUT2D eigenvalue weighted by molar-refractivity contribution is 5.94. The number of carbonyl (C=O) groups is 1. The number of anilines is 1. The summed E-state index contributed by atoms with van der Waals surface area (Å²) in [5.41, 5.74) is 1.78. The van der Waals surface area contributed by atoms with Crippen LogP contribution in [-0.4, -0.2) is 84.3 Å². The molecule has 0 bridgehead atoms. The quantitative estimate of drug-likeness (QED) is 0.423. The average molecular weight is 596 g/mol. The number of alkyl halides is 4. The lowest BCUT2D eigenvalue weighted by Gasteiger charge is -2.36. The third-order valence-electron chi connectivity index (χ3n) is 8.14. The van der Waals surface area contributed by atoms with E-state index in [1.54, 1.807) is 17.0 Å². The van der Waals surface area contributed by atoms with Gasteiger partial charge in [-0.15, -0.1) is 13.2 Å². The summed E-state index contributed by atoms with van der Waals surface area (Å²) in [4.78, 5) is 23.7. The van der Waals surface area contributed by atoms with Crippen LogP contribution in [0.4, 0.5) is 23.4 Å². The van der Waals surface area contributed by atoms with Gasteiger partial charge < -0.3 is 29.7 Å². The number of halogens is 4. The number of likely N-dealkylation sites (tertiary alicyclic amines) is 1. The zero-order chi connectivity index (χ0) is 29.7. The van der Waals surface area contributed by atoms with Crippen LogP contribution in [0.2, 0.25) is 0 Å². The Morgan fingerprint density at radius 1 is 1.10 bits per heavy atom. The first-order valence-electron chi connectivity index (χ1n) is 14.5. The minimum atomic E-state index is -4.73. The summed E-state index contributed by atoms with van der Waals surface area (Å²) in [5.74, 6) is 0.131. The average Bonchev–Trinajstić information content (AvgIpc) is 2.98. The van der Waals surface area contributed by atoms with Crippen molar-refractivity contribution in [2.24, 2.45) is 0 Å². The van der Waals surface area contributed by atoms with Crippen LogP contribution in [0.3, 0.4) is 0 Å². The Kier molecular flexibility index (Phi) is 9.79. The van der Waals surface area contributed by atoms with Gasteiger partial charge in [0.15, 0.2) is 0 Å². The SMILES string of the molecule is Cc1c(NCC2CCCC(c3ccc(OC(F)(F)F)cc3)O2)ncnc1C(=O)N1CCC(NC2CCOCC2F)CC1.